The molecule has 0 amide bonds. The van der Waals surface area contributed by atoms with Crippen LogP contribution in [0, 0.1) is 17.2 Å². The molecule has 17 heavy (non-hydrogen) atoms. The Kier molecular flexibility index (Phi) is 4.70. The largest absolute Gasteiger partial charge is 0.455 e. The molecule has 0 bridgehead atoms. The topological polar surface area (TPSA) is 33.0 Å². The van der Waals surface area contributed by atoms with E-state index in [9.17, 15) is 35.1 Å². The van der Waals surface area contributed by atoms with Crippen LogP contribution in [-0.4, -0.2) is 31.5 Å². The molecule has 0 radical (unpaired) electrons. The van der Waals surface area contributed by atoms with Crippen LogP contribution in [0.2, 0.25) is 0 Å². The van der Waals surface area contributed by atoms with Crippen molar-refractivity contribution in [3.05, 3.63) is 0 Å². The van der Waals surface area contributed by atoms with Crippen LogP contribution in [0.1, 0.15) is 0 Å². The van der Waals surface area contributed by atoms with Crippen LogP contribution >= 0.6 is 0 Å². The Balaban J connectivity index is 4.30. The summed E-state index contributed by atoms with van der Waals surface area (Å²) in [6.45, 7) is -3.84. The minimum absolute atomic E-state index is 0.691. The second-order valence-corrected chi connectivity index (χ2v) is 2.94. The summed E-state index contributed by atoms with van der Waals surface area (Å²) in [6.07, 6.45) is -10.9. The first-order valence-corrected chi connectivity index (χ1v) is 3.90. The van der Waals surface area contributed by atoms with Gasteiger partial charge in [0.05, 0.1) is 12.7 Å². The van der Waals surface area contributed by atoms with Gasteiger partial charge in [0.15, 0.2) is 5.92 Å². The molecule has 0 aliphatic carbocycles. The molecular weight excluding hydrogens is 266 g/mol. The molecule has 0 spiro atoms. The Labute approximate surface area is 89.8 Å². The molecule has 0 N–H and O–H groups in total. The molecule has 0 aliphatic rings. The first-order valence-electron chi connectivity index (χ1n) is 3.90. The lowest BCUT2D eigenvalue weighted by molar-refractivity contribution is -0.298. The zero-order chi connectivity index (χ0) is 13.9. The van der Waals surface area contributed by atoms with Crippen molar-refractivity contribution < 1.29 is 39.9 Å². The zero-order valence-electron chi connectivity index (χ0n) is 7.87. The van der Waals surface area contributed by atoms with Gasteiger partial charge in [0.25, 0.3) is 0 Å². The first kappa shape index (κ1) is 15.9. The number of ether oxygens (including phenoxy) is 1. The highest BCUT2D eigenvalue weighted by molar-refractivity contribution is 4.88. The highest BCUT2D eigenvalue weighted by Crippen LogP contribution is 2.35. The van der Waals surface area contributed by atoms with Gasteiger partial charge in [-0.25, -0.2) is 0 Å². The SMILES string of the molecule is N#CC(COCC(F)(F)C(F)(F)F)C(F)(F)F. The number of rotatable bonds is 4. The van der Waals surface area contributed by atoms with Crippen molar-refractivity contribution in [3.8, 4) is 6.07 Å². The lowest BCUT2D eigenvalue weighted by atomic mass is 10.2. The Bertz CT molecular complexity index is 288. The van der Waals surface area contributed by atoms with Crippen molar-refractivity contribution in [2.75, 3.05) is 13.2 Å². The van der Waals surface area contributed by atoms with Crippen LogP contribution in [0.3, 0.4) is 0 Å². The van der Waals surface area contributed by atoms with Crippen molar-refractivity contribution in [1.29, 1.82) is 5.26 Å². The lowest BCUT2D eigenvalue weighted by Crippen LogP contribution is -2.41. The van der Waals surface area contributed by atoms with Gasteiger partial charge in [-0.2, -0.15) is 40.4 Å². The summed E-state index contributed by atoms with van der Waals surface area (Å²) in [7, 11) is 0. The smallest absolute Gasteiger partial charge is 0.373 e. The van der Waals surface area contributed by atoms with Gasteiger partial charge in [-0.3, -0.25) is 0 Å². The summed E-state index contributed by atoms with van der Waals surface area (Å²) in [5.74, 6) is -8.00. The monoisotopic (exact) mass is 271 g/mol. The van der Waals surface area contributed by atoms with Gasteiger partial charge in [0.2, 0.25) is 0 Å². The van der Waals surface area contributed by atoms with Crippen molar-refractivity contribution >= 4 is 0 Å². The molecule has 0 aromatic carbocycles. The summed E-state index contributed by atoms with van der Waals surface area (Å²) in [6, 6.07) is 0.691. The van der Waals surface area contributed by atoms with E-state index in [-0.39, 0.29) is 0 Å². The summed E-state index contributed by atoms with van der Waals surface area (Å²) >= 11 is 0. The van der Waals surface area contributed by atoms with Crippen LogP contribution in [-0.2, 0) is 4.74 Å². The maximum absolute atomic E-state index is 12.2. The summed E-state index contributed by atoms with van der Waals surface area (Å²) in [5.41, 5.74) is 0. The Morgan fingerprint density at radius 1 is 1.00 bits per heavy atom. The van der Waals surface area contributed by atoms with E-state index in [0.29, 0.717) is 6.07 Å². The standard InChI is InChI=1S/C7H5F8NO/c8-5(9,7(13,14)15)3-17-2-4(1-16)6(10,11)12/h4H,2-3H2. The molecule has 0 fully saturated rings. The van der Waals surface area contributed by atoms with Gasteiger partial charge in [0.1, 0.15) is 6.61 Å². The molecule has 2 nitrogen and oxygen atoms in total. The number of hydrogen-bond donors (Lipinski definition) is 0. The number of nitriles is 1. The molecule has 0 saturated heterocycles. The summed E-state index contributed by atoms with van der Waals surface area (Å²) in [4.78, 5) is 0. The molecule has 0 saturated carbocycles. The molecule has 0 heterocycles. The highest BCUT2D eigenvalue weighted by atomic mass is 19.4. The normalized spacial score (nSPS) is 15.5. The lowest BCUT2D eigenvalue weighted by Gasteiger charge is -2.20. The van der Waals surface area contributed by atoms with E-state index >= 15 is 0 Å². The quantitative estimate of drug-likeness (QED) is 0.736. The minimum Gasteiger partial charge on any atom is -0.373 e. The second-order valence-electron chi connectivity index (χ2n) is 2.94. The van der Waals surface area contributed by atoms with Crippen molar-refractivity contribution in [3.63, 3.8) is 0 Å². The number of halogens is 8. The predicted octanol–water partition coefficient (Wildman–Crippen LogP) is 2.90. The molecule has 1 unspecified atom stereocenters. The maximum atomic E-state index is 12.2. The minimum atomic E-state index is -5.91. The molecule has 0 rings (SSSR count). The predicted molar refractivity (Wildman–Crippen MR) is 37.0 cm³/mol. The first-order chi connectivity index (χ1) is 7.42. The van der Waals surface area contributed by atoms with Crippen molar-refractivity contribution in [1.82, 2.24) is 0 Å². The Morgan fingerprint density at radius 2 is 1.47 bits per heavy atom. The molecule has 0 aromatic rings. The fourth-order valence-electron chi connectivity index (χ4n) is 0.592. The van der Waals surface area contributed by atoms with Gasteiger partial charge in [-0.05, 0) is 0 Å². The molecular formula is C7H5F8NO. The number of alkyl halides is 8. The van der Waals surface area contributed by atoms with Gasteiger partial charge >= 0.3 is 18.3 Å². The van der Waals surface area contributed by atoms with Crippen molar-refractivity contribution in [2.24, 2.45) is 5.92 Å². The van der Waals surface area contributed by atoms with E-state index in [1.807, 2.05) is 0 Å². The van der Waals surface area contributed by atoms with Crippen LogP contribution in [0.4, 0.5) is 35.1 Å². The fraction of sp³-hybridized carbons (Fsp3) is 0.857. The summed E-state index contributed by atoms with van der Waals surface area (Å²) < 4.78 is 98.2. The van der Waals surface area contributed by atoms with E-state index in [1.165, 1.54) is 0 Å². The third-order valence-corrected chi connectivity index (χ3v) is 1.53. The van der Waals surface area contributed by atoms with Crippen LogP contribution in [0.25, 0.3) is 0 Å². The third-order valence-electron chi connectivity index (χ3n) is 1.53. The number of hydrogen-bond acceptors (Lipinski definition) is 2. The zero-order valence-corrected chi connectivity index (χ0v) is 7.87. The fourth-order valence-corrected chi connectivity index (χ4v) is 0.592. The average molecular weight is 271 g/mol. The van der Waals surface area contributed by atoms with E-state index < -0.39 is 37.4 Å². The maximum Gasteiger partial charge on any atom is 0.455 e. The van der Waals surface area contributed by atoms with Crippen LogP contribution < -0.4 is 0 Å². The third kappa shape index (κ3) is 4.72. The highest BCUT2D eigenvalue weighted by Gasteiger charge is 2.57. The van der Waals surface area contributed by atoms with E-state index in [2.05, 4.69) is 4.74 Å². The van der Waals surface area contributed by atoms with E-state index in [4.69, 9.17) is 5.26 Å². The van der Waals surface area contributed by atoms with Crippen LogP contribution in [0.15, 0.2) is 0 Å². The molecule has 0 aromatic heterocycles. The Hall–Kier alpha value is -1.11. The Morgan fingerprint density at radius 3 is 1.76 bits per heavy atom. The van der Waals surface area contributed by atoms with E-state index in [1.54, 1.807) is 0 Å². The summed E-state index contributed by atoms with van der Waals surface area (Å²) in [5, 5.41) is 7.99. The van der Waals surface area contributed by atoms with Crippen molar-refractivity contribution in [2.45, 2.75) is 18.3 Å². The van der Waals surface area contributed by atoms with Crippen LogP contribution in [0.5, 0.6) is 0 Å². The second kappa shape index (κ2) is 5.03. The van der Waals surface area contributed by atoms with Gasteiger partial charge < -0.3 is 4.74 Å². The van der Waals surface area contributed by atoms with Gasteiger partial charge in [-0.15, -0.1) is 0 Å². The molecule has 0 aliphatic heterocycles. The molecule has 100 valence electrons. The van der Waals surface area contributed by atoms with Gasteiger partial charge in [0, 0.05) is 0 Å². The molecule has 1 atom stereocenters. The average Bonchev–Trinajstić information content (AvgIpc) is 2.08. The van der Waals surface area contributed by atoms with Gasteiger partial charge in [-0.1, -0.05) is 0 Å². The molecule has 10 heteroatoms. The van der Waals surface area contributed by atoms with E-state index in [0.717, 1.165) is 0 Å². The number of nitrogens with zero attached hydrogens (tertiary/aromatic N) is 1.